The van der Waals surface area contributed by atoms with E-state index < -0.39 is 5.92 Å². The molecule has 1 aliphatic heterocycles. The van der Waals surface area contributed by atoms with Gasteiger partial charge in [0, 0.05) is 38.1 Å². The van der Waals surface area contributed by atoms with Crippen molar-refractivity contribution in [1.29, 1.82) is 0 Å². The third-order valence-electron chi connectivity index (χ3n) is 2.78. The average molecular weight is 191 g/mol. The van der Waals surface area contributed by atoms with Crippen LogP contribution in [0.4, 0.5) is 8.78 Å². The van der Waals surface area contributed by atoms with Gasteiger partial charge in [-0.3, -0.25) is 0 Å². The zero-order chi connectivity index (χ0) is 9.31. The highest BCUT2D eigenvalue weighted by molar-refractivity contribution is 4.93. The van der Waals surface area contributed by atoms with Crippen LogP contribution in [0.2, 0.25) is 0 Å². The molecule has 1 saturated carbocycles. The van der Waals surface area contributed by atoms with Crippen molar-refractivity contribution < 1.29 is 13.5 Å². The summed E-state index contributed by atoms with van der Waals surface area (Å²) in [6.45, 7) is 1.53. The number of rotatable bonds is 2. The maximum absolute atomic E-state index is 12.5. The van der Waals surface area contributed by atoms with Gasteiger partial charge in [-0.25, -0.2) is 8.78 Å². The third kappa shape index (κ3) is 2.38. The highest BCUT2D eigenvalue weighted by Crippen LogP contribution is 2.37. The molecule has 13 heavy (non-hydrogen) atoms. The molecule has 2 fully saturated rings. The van der Waals surface area contributed by atoms with Crippen LogP contribution in [-0.4, -0.2) is 31.2 Å². The molecule has 0 spiro atoms. The van der Waals surface area contributed by atoms with E-state index in [2.05, 4.69) is 5.32 Å². The largest absolute Gasteiger partial charge is 0.381 e. The fraction of sp³-hybridized carbons (Fsp3) is 1.00. The van der Waals surface area contributed by atoms with Gasteiger partial charge in [0.2, 0.25) is 0 Å². The molecule has 0 aromatic heterocycles. The average Bonchev–Trinajstić information content (AvgIpc) is 2.03. The van der Waals surface area contributed by atoms with Crippen LogP contribution in [0.5, 0.6) is 0 Å². The van der Waals surface area contributed by atoms with Crippen molar-refractivity contribution in [1.82, 2.24) is 5.32 Å². The molecule has 4 heteroatoms. The number of hydrogen-bond acceptors (Lipinski definition) is 2. The van der Waals surface area contributed by atoms with Gasteiger partial charge in [-0.1, -0.05) is 0 Å². The van der Waals surface area contributed by atoms with Crippen molar-refractivity contribution >= 4 is 0 Å². The summed E-state index contributed by atoms with van der Waals surface area (Å²) in [6, 6.07) is 0.438. The maximum atomic E-state index is 12.5. The van der Waals surface area contributed by atoms with Crippen LogP contribution in [-0.2, 0) is 4.74 Å². The van der Waals surface area contributed by atoms with Gasteiger partial charge >= 0.3 is 0 Å². The summed E-state index contributed by atoms with van der Waals surface area (Å²) in [5.41, 5.74) is 0. The molecule has 0 aromatic rings. The first-order valence-corrected chi connectivity index (χ1v) is 4.87. The van der Waals surface area contributed by atoms with Crippen LogP contribution in [0.25, 0.3) is 0 Å². The molecule has 0 aromatic carbocycles. The molecule has 1 heterocycles. The lowest BCUT2D eigenvalue weighted by Gasteiger charge is -2.38. The van der Waals surface area contributed by atoms with Crippen molar-refractivity contribution in [2.45, 2.75) is 43.7 Å². The molecule has 2 rings (SSSR count). The van der Waals surface area contributed by atoms with Crippen LogP contribution in [0.15, 0.2) is 0 Å². The minimum atomic E-state index is -2.40. The lowest BCUT2D eigenvalue weighted by Crippen LogP contribution is -2.52. The highest BCUT2D eigenvalue weighted by atomic mass is 19.3. The van der Waals surface area contributed by atoms with Crippen molar-refractivity contribution in [2.24, 2.45) is 0 Å². The summed E-state index contributed by atoms with van der Waals surface area (Å²) >= 11 is 0. The molecule has 2 nitrogen and oxygen atoms in total. The van der Waals surface area contributed by atoms with Gasteiger partial charge in [0.05, 0.1) is 0 Å². The van der Waals surface area contributed by atoms with E-state index in [9.17, 15) is 8.78 Å². The number of nitrogens with one attached hydrogen (secondary N) is 1. The quantitative estimate of drug-likeness (QED) is 0.715. The molecule has 0 bridgehead atoms. The number of halogens is 2. The lowest BCUT2D eigenvalue weighted by atomic mass is 9.87. The van der Waals surface area contributed by atoms with Crippen LogP contribution < -0.4 is 5.32 Å². The Kier molecular flexibility index (Phi) is 2.51. The van der Waals surface area contributed by atoms with Gasteiger partial charge in [-0.15, -0.1) is 0 Å². The van der Waals surface area contributed by atoms with E-state index in [-0.39, 0.29) is 18.9 Å². The minimum Gasteiger partial charge on any atom is -0.381 e. The molecule has 1 N–H and O–H groups in total. The van der Waals surface area contributed by atoms with Crippen LogP contribution in [0.1, 0.15) is 25.7 Å². The number of alkyl halides is 2. The second-order valence-electron chi connectivity index (χ2n) is 4.01. The van der Waals surface area contributed by atoms with Gasteiger partial charge < -0.3 is 10.1 Å². The molecule has 1 aliphatic carbocycles. The summed E-state index contributed by atoms with van der Waals surface area (Å²) in [5, 5.41) is 3.25. The SMILES string of the molecule is FC1(F)CC(NC2CCOCC2)C1. The van der Waals surface area contributed by atoms with Crippen molar-refractivity contribution in [2.75, 3.05) is 13.2 Å². The van der Waals surface area contributed by atoms with E-state index in [1.54, 1.807) is 0 Å². The molecule has 0 radical (unpaired) electrons. The Morgan fingerprint density at radius 3 is 2.23 bits per heavy atom. The van der Waals surface area contributed by atoms with E-state index in [0.717, 1.165) is 26.1 Å². The van der Waals surface area contributed by atoms with E-state index in [1.165, 1.54) is 0 Å². The van der Waals surface area contributed by atoms with Gasteiger partial charge in [0.1, 0.15) is 0 Å². The van der Waals surface area contributed by atoms with Crippen LogP contribution in [0.3, 0.4) is 0 Å². The standard InChI is InChI=1S/C9H15F2NO/c10-9(11)5-8(6-9)12-7-1-3-13-4-2-7/h7-8,12H,1-6H2. The zero-order valence-corrected chi connectivity index (χ0v) is 7.56. The molecule has 76 valence electrons. The van der Waals surface area contributed by atoms with E-state index in [0.29, 0.717) is 6.04 Å². The fourth-order valence-electron chi connectivity index (χ4n) is 1.98. The number of hydrogen-bond donors (Lipinski definition) is 1. The number of ether oxygens (including phenoxy) is 1. The normalized spacial score (nSPS) is 30.0. The van der Waals surface area contributed by atoms with Gasteiger partial charge in [-0.05, 0) is 12.8 Å². The summed E-state index contributed by atoms with van der Waals surface area (Å²) < 4.78 is 30.1. The Labute approximate surface area is 76.6 Å². The molecule has 0 atom stereocenters. The summed E-state index contributed by atoms with van der Waals surface area (Å²) in [7, 11) is 0. The maximum Gasteiger partial charge on any atom is 0.251 e. The first kappa shape index (κ1) is 9.34. The van der Waals surface area contributed by atoms with E-state index >= 15 is 0 Å². The Morgan fingerprint density at radius 1 is 1.08 bits per heavy atom. The molecule has 2 aliphatic rings. The van der Waals surface area contributed by atoms with Crippen LogP contribution >= 0.6 is 0 Å². The van der Waals surface area contributed by atoms with Crippen molar-refractivity contribution in [3.05, 3.63) is 0 Å². The van der Waals surface area contributed by atoms with Crippen molar-refractivity contribution in [3.8, 4) is 0 Å². The Balaban J connectivity index is 1.68. The van der Waals surface area contributed by atoms with E-state index in [4.69, 9.17) is 4.74 Å². The van der Waals surface area contributed by atoms with Crippen molar-refractivity contribution in [3.63, 3.8) is 0 Å². The summed E-state index contributed by atoms with van der Waals surface area (Å²) in [5.74, 6) is -2.40. The third-order valence-corrected chi connectivity index (χ3v) is 2.78. The molecule has 0 unspecified atom stereocenters. The molecular weight excluding hydrogens is 176 g/mol. The monoisotopic (exact) mass is 191 g/mol. The molecule has 0 amide bonds. The van der Waals surface area contributed by atoms with E-state index in [1.807, 2.05) is 0 Å². The second-order valence-corrected chi connectivity index (χ2v) is 4.01. The highest BCUT2D eigenvalue weighted by Gasteiger charge is 2.45. The minimum absolute atomic E-state index is 0.0182. The Bertz CT molecular complexity index is 172. The Morgan fingerprint density at radius 2 is 1.69 bits per heavy atom. The van der Waals surface area contributed by atoms with Gasteiger partial charge in [0.25, 0.3) is 5.92 Å². The first-order valence-electron chi connectivity index (χ1n) is 4.87. The lowest BCUT2D eigenvalue weighted by molar-refractivity contribution is -0.0968. The smallest absolute Gasteiger partial charge is 0.251 e. The van der Waals surface area contributed by atoms with Crippen LogP contribution in [0, 0.1) is 0 Å². The molecule has 1 saturated heterocycles. The van der Waals surface area contributed by atoms with Gasteiger partial charge in [-0.2, -0.15) is 0 Å². The molecular formula is C9H15F2NO. The fourth-order valence-corrected chi connectivity index (χ4v) is 1.98. The predicted octanol–water partition coefficient (Wildman–Crippen LogP) is 1.55. The topological polar surface area (TPSA) is 21.3 Å². The summed E-state index contributed by atoms with van der Waals surface area (Å²) in [4.78, 5) is 0. The zero-order valence-electron chi connectivity index (χ0n) is 7.56. The predicted molar refractivity (Wildman–Crippen MR) is 44.9 cm³/mol. The van der Waals surface area contributed by atoms with Gasteiger partial charge in [0.15, 0.2) is 0 Å². The Hall–Kier alpha value is -0.220. The summed E-state index contributed by atoms with van der Waals surface area (Å²) in [6.07, 6.45) is 1.96. The second kappa shape index (κ2) is 3.50. The first-order chi connectivity index (χ1) is 6.16.